The van der Waals surface area contributed by atoms with E-state index in [0.29, 0.717) is 19.1 Å². The molecule has 0 aliphatic carbocycles. The van der Waals surface area contributed by atoms with Crippen LogP contribution >= 0.6 is 0 Å². The van der Waals surface area contributed by atoms with Crippen LogP contribution in [0.5, 0.6) is 0 Å². The number of nitrogens with zero attached hydrogens (tertiary/aromatic N) is 2. The Kier molecular flexibility index (Phi) is 3.42. The number of amides is 1. The zero-order valence-electron chi connectivity index (χ0n) is 11.3. The van der Waals surface area contributed by atoms with Crippen molar-refractivity contribution in [2.24, 2.45) is 0 Å². The van der Waals surface area contributed by atoms with Gasteiger partial charge < -0.3 is 9.64 Å². The lowest BCUT2D eigenvalue weighted by Crippen LogP contribution is -2.23. The molecule has 1 unspecified atom stereocenters. The number of likely N-dealkylation sites (N-methyl/N-ethyl adjacent to an activating group) is 1. The quantitative estimate of drug-likeness (QED) is 0.837. The molecule has 2 heterocycles. The first kappa shape index (κ1) is 12.5. The van der Waals surface area contributed by atoms with Gasteiger partial charge in [-0.3, -0.25) is 4.90 Å². The van der Waals surface area contributed by atoms with Gasteiger partial charge in [0.05, 0.1) is 6.54 Å². The van der Waals surface area contributed by atoms with E-state index >= 15 is 0 Å². The summed E-state index contributed by atoms with van der Waals surface area (Å²) in [6.45, 7) is 6.85. The first-order chi connectivity index (χ1) is 9.28. The smallest absolute Gasteiger partial charge is 0.414 e. The topological polar surface area (TPSA) is 32.8 Å². The zero-order chi connectivity index (χ0) is 13.2. The highest BCUT2D eigenvalue weighted by atomic mass is 16.6. The van der Waals surface area contributed by atoms with Crippen LogP contribution in [0.2, 0.25) is 0 Å². The van der Waals surface area contributed by atoms with Gasteiger partial charge >= 0.3 is 6.09 Å². The van der Waals surface area contributed by atoms with Crippen molar-refractivity contribution in [2.75, 3.05) is 37.7 Å². The van der Waals surface area contributed by atoms with Crippen molar-refractivity contribution in [3.8, 4) is 0 Å². The molecule has 2 fully saturated rings. The van der Waals surface area contributed by atoms with Crippen molar-refractivity contribution in [1.82, 2.24) is 4.90 Å². The summed E-state index contributed by atoms with van der Waals surface area (Å²) in [5.74, 6) is 0.638. The molecule has 1 aromatic rings. The van der Waals surface area contributed by atoms with Gasteiger partial charge in [-0.05, 0) is 43.1 Å². The van der Waals surface area contributed by atoms with Crippen LogP contribution in [0.3, 0.4) is 0 Å². The minimum Gasteiger partial charge on any atom is -0.447 e. The lowest BCUT2D eigenvalue weighted by Gasteiger charge is -2.16. The Labute approximate surface area is 113 Å². The van der Waals surface area contributed by atoms with E-state index in [0.717, 1.165) is 18.8 Å². The summed E-state index contributed by atoms with van der Waals surface area (Å²) < 4.78 is 4.96. The number of benzene rings is 1. The Morgan fingerprint density at radius 2 is 2.05 bits per heavy atom. The number of carbonyl (C=O) groups is 1. The summed E-state index contributed by atoms with van der Waals surface area (Å²) in [4.78, 5) is 15.7. The van der Waals surface area contributed by atoms with Crippen molar-refractivity contribution < 1.29 is 9.53 Å². The van der Waals surface area contributed by atoms with Crippen LogP contribution in [0.25, 0.3) is 0 Å². The monoisotopic (exact) mass is 260 g/mol. The van der Waals surface area contributed by atoms with E-state index in [4.69, 9.17) is 4.74 Å². The van der Waals surface area contributed by atoms with Crippen LogP contribution in [-0.2, 0) is 4.74 Å². The second kappa shape index (κ2) is 5.21. The molecule has 19 heavy (non-hydrogen) atoms. The number of carbonyl (C=O) groups excluding carboxylic acids is 1. The van der Waals surface area contributed by atoms with Gasteiger partial charge in [0.15, 0.2) is 0 Å². The molecule has 0 N–H and O–H groups in total. The Balaban J connectivity index is 1.71. The Bertz CT molecular complexity index is 458. The van der Waals surface area contributed by atoms with E-state index in [2.05, 4.69) is 24.0 Å². The Morgan fingerprint density at radius 1 is 1.26 bits per heavy atom. The predicted molar refractivity (Wildman–Crippen MR) is 74.6 cm³/mol. The van der Waals surface area contributed by atoms with Crippen molar-refractivity contribution in [2.45, 2.75) is 19.3 Å². The molecule has 3 rings (SSSR count). The molecular formula is C15H20N2O2. The van der Waals surface area contributed by atoms with Crippen LogP contribution < -0.4 is 4.90 Å². The molecule has 2 aliphatic heterocycles. The van der Waals surface area contributed by atoms with E-state index in [-0.39, 0.29) is 6.09 Å². The summed E-state index contributed by atoms with van der Waals surface area (Å²) >= 11 is 0. The summed E-state index contributed by atoms with van der Waals surface area (Å²) in [5, 5.41) is 0. The molecule has 0 bridgehead atoms. The third kappa shape index (κ3) is 2.45. The van der Waals surface area contributed by atoms with E-state index in [1.807, 2.05) is 12.1 Å². The van der Waals surface area contributed by atoms with Gasteiger partial charge in [0.2, 0.25) is 0 Å². The third-order valence-electron chi connectivity index (χ3n) is 4.16. The fraction of sp³-hybridized carbons (Fsp3) is 0.533. The first-order valence-electron chi connectivity index (χ1n) is 7.04. The highest BCUT2D eigenvalue weighted by Crippen LogP contribution is 2.29. The number of cyclic esters (lactones) is 1. The number of rotatable bonds is 3. The van der Waals surface area contributed by atoms with E-state index in [1.54, 1.807) is 4.90 Å². The molecule has 2 saturated heterocycles. The number of hydrogen-bond acceptors (Lipinski definition) is 3. The minimum atomic E-state index is -0.231. The molecule has 2 aliphatic rings. The molecule has 4 heteroatoms. The number of likely N-dealkylation sites (tertiary alicyclic amines) is 1. The maximum absolute atomic E-state index is 11.5. The van der Waals surface area contributed by atoms with E-state index in [1.165, 1.54) is 18.5 Å². The largest absolute Gasteiger partial charge is 0.447 e. The molecule has 102 valence electrons. The number of ether oxygens (including phenoxy) is 1. The summed E-state index contributed by atoms with van der Waals surface area (Å²) in [7, 11) is 0. The van der Waals surface area contributed by atoms with E-state index in [9.17, 15) is 4.79 Å². The second-order valence-electron chi connectivity index (χ2n) is 5.24. The first-order valence-corrected chi connectivity index (χ1v) is 7.04. The Hall–Kier alpha value is -1.55. The Morgan fingerprint density at radius 3 is 2.63 bits per heavy atom. The molecule has 0 radical (unpaired) electrons. The van der Waals surface area contributed by atoms with Crippen LogP contribution in [0, 0.1) is 0 Å². The maximum atomic E-state index is 11.5. The average molecular weight is 260 g/mol. The fourth-order valence-corrected chi connectivity index (χ4v) is 2.95. The SMILES string of the molecule is CCN1CCC(c2ccc(N3CCOC3=O)cc2)C1. The minimum absolute atomic E-state index is 0.231. The molecule has 0 spiro atoms. The normalized spacial score (nSPS) is 23.9. The van der Waals surface area contributed by atoms with Gasteiger partial charge in [-0.15, -0.1) is 0 Å². The maximum Gasteiger partial charge on any atom is 0.414 e. The number of anilines is 1. The summed E-state index contributed by atoms with van der Waals surface area (Å²) in [6, 6.07) is 8.39. The zero-order valence-corrected chi connectivity index (χ0v) is 11.3. The van der Waals surface area contributed by atoms with Gasteiger partial charge in [0.25, 0.3) is 0 Å². The molecule has 1 aromatic carbocycles. The highest BCUT2D eigenvalue weighted by Gasteiger charge is 2.25. The van der Waals surface area contributed by atoms with Gasteiger partial charge in [0, 0.05) is 12.2 Å². The molecule has 0 saturated carbocycles. The van der Waals surface area contributed by atoms with E-state index < -0.39 is 0 Å². The highest BCUT2D eigenvalue weighted by molar-refractivity contribution is 5.89. The average Bonchev–Trinajstić information content (AvgIpc) is 3.07. The molecule has 0 aromatic heterocycles. The molecule has 4 nitrogen and oxygen atoms in total. The van der Waals surface area contributed by atoms with Gasteiger partial charge in [-0.2, -0.15) is 0 Å². The van der Waals surface area contributed by atoms with Gasteiger partial charge in [0.1, 0.15) is 6.61 Å². The lowest BCUT2D eigenvalue weighted by molar-refractivity contribution is 0.181. The summed E-state index contributed by atoms with van der Waals surface area (Å²) in [5.41, 5.74) is 2.32. The standard InChI is InChI=1S/C15H20N2O2/c1-2-16-8-7-13(11-16)12-3-5-14(6-4-12)17-9-10-19-15(17)18/h3-6,13H,2,7-11H2,1H3. The predicted octanol–water partition coefficient (Wildman–Crippen LogP) is 2.45. The van der Waals surface area contributed by atoms with Crippen LogP contribution in [0.15, 0.2) is 24.3 Å². The number of hydrogen-bond donors (Lipinski definition) is 0. The van der Waals surface area contributed by atoms with Crippen LogP contribution in [0.1, 0.15) is 24.8 Å². The van der Waals surface area contributed by atoms with Crippen molar-refractivity contribution in [3.05, 3.63) is 29.8 Å². The fourth-order valence-electron chi connectivity index (χ4n) is 2.95. The lowest BCUT2D eigenvalue weighted by atomic mass is 9.98. The van der Waals surface area contributed by atoms with Crippen LogP contribution in [-0.4, -0.2) is 43.8 Å². The second-order valence-corrected chi connectivity index (χ2v) is 5.24. The van der Waals surface area contributed by atoms with Crippen LogP contribution in [0.4, 0.5) is 10.5 Å². The summed E-state index contributed by atoms with van der Waals surface area (Å²) in [6.07, 6.45) is 1.00. The molecule has 1 atom stereocenters. The van der Waals surface area contributed by atoms with Gasteiger partial charge in [-0.25, -0.2) is 4.79 Å². The van der Waals surface area contributed by atoms with Crippen molar-refractivity contribution in [1.29, 1.82) is 0 Å². The third-order valence-corrected chi connectivity index (χ3v) is 4.16. The molecular weight excluding hydrogens is 240 g/mol. The van der Waals surface area contributed by atoms with Gasteiger partial charge in [-0.1, -0.05) is 19.1 Å². The molecule has 1 amide bonds. The van der Waals surface area contributed by atoms with Crippen molar-refractivity contribution >= 4 is 11.8 Å². The van der Waals surface area contributed by atoms with Crippen molar-refractivity contribution in [3.63, 3.8) is 0 Å².